The van der Waals surface area contributed by atoms with Crippen molar-refractivity contribution in [2.24, 2.45) is 5.92 Å². The zero-order chi connectivity index (χ0) is 14.8. The van der Waals surface area contributed by atoms with E-state index in [0.29, 0.717) is 18.4 Å². The fourth-order valence-corrected chi connectivity index (χ4v) is 3.24. The molecule has 0 spiro atoms. The van der Waals surface area contributed by atoms with E-state index in [1.165, 1.54) is 0 Å². The van der Waals surface area contributed by atoms with Gasteiger partial charge in [-0.25, -0.2) is 9.78 Å². The van der Waals surface area contributed by atoms with Gasteiger partial charge in [-0.3, -0.25) is 4.98 Å². The molecule has 2 aromatic heterocycles. The van der Waals surface area contributed by atoms with Gasteiger partial charge in [0, 0.05) is 24.9 Å². The van der Waals surface area contributed by atoms with Crippen molar-refractivity contribution >= 4 is 11.6 Å². The second-order valence-corrected chi connectivity index (χ2v) is 5.79. The highest BCUT2D eigenvalue weighted by molar-refractivity contribution is 5.64. The van der Waals surface area contributed by atoms with Gasteiger partial charge in [0.1, 0.15) is 5.82 Å². The number of carbonyl (C=O) groups is 1. The van der Waals surface area contributed by atoms with Crippen LogP contribution in [0.5, 0.6) is 0 Å². The number of imidazole rings is 1. The van der Waals surface area contributed by atoms with Gasteiger partial charge >= 0.3 is 6.09 Å². The summed E-state index contributed by atoms with van der Waals surface area (Å²) in [5, 5.41) is 11.1. The van der Waals surface area contributed by atoms with E-state index >= 15 is 0 Å². The van der Waals surface area contributed by atoms with Crippen molar-refractivity contribution in [3.05, 3.63) is 30.1 Å². The van der Waals surface area contributed by atoms with Gasteiger partial charge in [0.2, 0.25) is 0 Å². The van der Waals surface area contributed by atoms with Crippen LogP contribution in [0.15, 0.2) is 18.6 Å². The van der Waals surface area contributed by atoms with E-state index in [1.807, 2.05) is 25.5 Å². The van der Waals surface area contributed by atoms with Gasteiger partial charge in [0.25, 0.3) is 0 Å². The summed E-state index contributed by atoms with van der Waals surface area (Å²) in [6, 6.07) is 0. The van der Waals surface area contributed by atoms with Crippen molar-refractivity contribution in [2.75, 3.05) is 6.54 Å². The van der Waals surface area contributed by atoms with Crippen molar-refractivity contribution in [3.8, 4) is 0 Å². The summed E-state index contributed by atoms with van der Waals surface area (Å²) in [5.41, 5.74) is 2.07. The monoisotopic (exact) mass is 288 g/mol. The number of fused-ring (bicyclic) bond motifs is 1. The van der Waals surface area contributed by atoms with Crippen LogP contribution in [0.2, 0.25) is 0 Å². The van der Waals surface area contributed by atoms with Crippen molar-refractivity contribution in [1.82, 2.24) is 19.7 Å². The third-order valence-corrected chi connectivity index (χ3v) is 4.43. The molecule has 0 saturated heterocycles. The molecule has 1 saturated carbocycles. The molecule has 0 atom stereocenters. The molecule has 1 fully saturated rings. The topological polar surface area (TPSA) is 79.5 Å². The van der Waals surface area contributed by atoms with E-state index in [2.05, 4.69) is 19.7 Å². The predicted octanol–water partition coefficient (Wildman–Crippen LogP) is 2.58. The highest BCUT2D eigenvalue weighted by Gasteiger charge is 2.25. The molecule has 3 rings (SSSR count). The van der Waals surface area contributed by atoms with E-state index in [4.69, 9.17) is 5.11 Å². The predicted molar refractivity (Wildman–Crippen MR) is 78.5 cm³/mol. The van der Waals surface area contributed by atoms with Gasteiger partial charge in [0.05, 0.1) is 17.4 Å². The standard InChI is InChI=1S/C15H20N4O2/c1-10-13-9-17-14(19(13)7-6-16-10)12-4-2-11(3-5-12)8-18-15(20)21/h6-7,9,11-12,18H,2-5,8H2,1H3,(H,20,21). The van der Waals surface area contributed by atoms with Crippen molar-refractivity contribution in [2.45, 2.75) is 38.5 Å². The van der Waals surface area contributed by atoms with Crippen LogP contribution in [-0.4, -0.2) is 32.1 Å². The maximum atomic E-state index is 10.5. The molecular weight excluding hydrogens is 268 g/mol. The molecule has 2 aromatic rings. The fraction of sp³-hybridized carbons (Fsp3) is 0.533. The minimum absolute atomic E-state index is 0.451. The van der Waals surface area contributed by atoms with Gasteiger partial charge in [-0.2, -0.15) is 0 Å². The van der Waals surface area contributed by atoms with Gasteiger partial charge in [-0.1, -0.05) is 0 Å². The molecule has 0 unspecified atom stereocenters. The lowest BCUT2D eigenvalue weighted by Crippen LogP contribution is -2.30. The molecule has 1 aliphatic rings. The maximum absolute atomic E-state index is 10.5. The Bertz CT molecular complexity index is 644. The molecule has 6 nitrogen and oxygen atoms in total. The quantitative estimate of drug-likeness (QED) is 0.909. The highest BCUT2D eigenvalue weighted by Crippen LogP contribution is 2.35. The van der Waals surface area contributed by atoms with Crippen LogP contribution in [0.25, 0.3) is 5.52 Å². The summed E-state index contributed by atoms with van der Waals surface area (Å²) < 4.78 is 2.14. The Kier molecular flexibility index (Phi) is 3.77. The summed E-state index contributed by atoms with van der Waals surface area (Å²) in [6.45, 7) is 2.56. The number of carboxylic acid groups (broad SMARTS) is 1. The Morgan fingerprint density at radius 2 is 2.14 bits per heavy atom. The van der Waals surface area contributed by atoms with Crippen molar-refractivity contribution in [1.29, 1.82) is 0 Å². The summed E-state index contributed by atoms with van der Waals surface area (Å²) in [4.78, 5) is 19.4. The molecule has 0 bridgehead atoms. The first-order chi connectivity index (χ1) is 10.1. The van der Waals surface area contributed by atoms with Gasteiger partial charge in [-0.05, 0) is 38.5 Å². The van der Waals surface area contributed by atoms with Crippen molar-refractivity contribution in [3.63, 3.8) is 0 Å². The summed E-state index contributed by atoms with van der Waals surface area (Å²) in [7, 11) is 0. The summed E-state index contributed by atoms with van der Waals surface area (Å²) in [5.74, 6) is 2.02. The molecule has 2 heterocycles. The molecule has 0 aliphatic heterocycles. The largest absolute Gasteiger partial charge is 0.465 e. The Balaban J connectivity index is 1.68. The first-order valence-corrected chi connectivity index (χ1v) is 7.40. The lowest BCUT2D eigenvalue weighted by Gasteiger charge is -2.27. The van der Waals surface area contributed by atoms with Crippen LogP contribution in [-0.2, 0) is 0 Å². The van der Waals surface area contributed by atoms with Crippen LogP contribution < -0.4 is 5.32 Å². The number of aryl methyl sites for hydroxylation is 1. The number of nitrogens with zero attached hydrogens (tertiary/aromatic N) is 3. The minimum atomic E-state index is -0.931. The van der Waals surface area contributed by atoms with E-state index in [-0.39, 0.29) is 0 Å². The van der Waals surface area contributed by atoms with Crippen LogP contribution >= 0.6 is 0 Å². The zero-order valence-electron chi connectivity index (χ0n) is 12.1. The van der Waals surface area contributed by atoms with E-state index in [1.54, 1.807) is 0 Å². The first kappa shape index (κ1) is 13.9. The number of nitrogens with one attached hydrogen (secondary N) is 1. The Hall–Kier alpha value is -2.11. The van der Waals surface area contributed by atoms with Crippen LogP contribution in [0, 0.1) is 12.8 Å². The number of hydrogen-bond donors (Lipinski definition) is 2. The van der Waals surface area contributed by atoms with Crippen LogP contribution in [0.4, 0.5) is 4.79 Å². The molecule has 112 valence electrons. The summed E-state index contributed by atoms with van der Waals surface area (Å²) in [6.07, 6.45) is 8.97. The van der Waals surface area contributed by atoms with Gasteiger partial charge < -0.3 is 14.8 Å². The molecule has 21 heavy (non-hydrogen) atoms. The van der Waals surface area contributed by atoms with Gasteiger partial charge in [0.15, 0.2) is 0 Å². The average Bonchev–Trinajstić information content (AvgIpc) is 2.91. The average molecular weight is 288 g/mol. The number of hydrogen-bond acceptors (Lipinski definition) is 3. The maximum Gasteiger partial charge on any atom is 0.404 e. The normalized spacial score (nSPS) is 22.3. The molecule has 1 amide bonds. The molecule has 0 aromatic carbocycles. The van der Waals surface area contributed by atoms with Crippen LogP contribution in [0.1, 0.15) is 43.1 Å². The molecule has 0 radical (unpaired) electrons. The molecule has 6 heteroatoms. The Labute approximate surface area is 123 Å². The van der Waals surface area contributed by atoms with Crippen molar-refractivity contribution < 1.29 is 9.90 Å². The third-order valence-electron chi connectivity index (χ3n) is 4.43. The summed E-state index contributed by atoms with van der Waals surface area (Å²) >= 11 is 0. The minimum Gasteiger partial charge on any atom is -0.465 e. The number of amides is 1. The second kappa shape index (κ2) is 5.71. The van der Waals surface area contributed by atoms with Crippen LogP contribution in [0.3, 0.4) is 0 Å². The Morgan fingerprint density at radius 1 is 1.38 bits per heavy atom. The number of rotatable bonds is 3. The third kappa shape index (κ3) is 2.84. The van der Waals surface area contributed by atoms with E-state index < -0.39 is 6.09 Å². The lowest BCUT2D eigenvalue weighted by atomic mass is 9.81. The fourth-order valence-electron chi connectivity index (χ4n) is 3.24. The molecular formula is C15H20N4O2. The SMILES string of the molecule is Cc1nccn2c(C3CCC(CNC(=O)O)CC3)ncc12. The number of aromatic nitrogens is 3. The smallest absolute Gasteiger partial charge is 0.404 e. The highest BCUT2D eigenvalue weighted by atomic mass is 16.4. The first-order valence-electron chi connectivity index (χ1n) is 7.40. The Morgan fingerprint density at radius 3 is 2.86 bits per heavy atom. The lowest BCUT2D eigenvalue weighted by molar-refractivity contribution is 0.189. The second-order valence-electron chi connectivity index (χ2n) is 5.79. The molecule has 2 N–H and O–H groups in total. The van der Waals surface area contributed by atoms with Gasteiger partial charge in [-0.15, -0.1) is 0 Å². The molecule has 1 aliphatic carbocycles. The van der Waals surface area contributed by atoms with E-state index in [0.717, 1.165) is 42.7 Å². The van der Waals surface area contributed by atoms with E-state index in [9.17, 15) is 4.79 Å². The zero-order valence-corrected chi connectivity index (χ0v) is 12.1.